The summed E-state index contributed by atoms with van der Waals surface area (Å²) < 4.78 is 2.03. The van der Waals surface area contributed by atoms with E-state index in [1.165, 1.54) is 42.4 Å². The zero-order valence-electron chi connectivity index (χ0n) is 20.2. The Morgan fingerprint density at radius 1 is 1.00 bits per heavy atom. The first-order chi connectivity index (χ1) is 17.6. The third-order valence-corrected chi connectivity index (χ3v) is 9.77. The lowest BCUT2D eigenvalue weighted by molar-refractivity contribution is -0.146. The quantitative estimate of drug-likeness (QED) is 0.389. The van der Waals surface area contributed by atoms with Crippen LogP contribution in [0.5, 0.6) is 0 Å². The van der Waals surface area contributed by atoms with E-state index >= 15 is 0 Å². The Labute approximate surface area is 219 Å². The number of carbonyl (C=O) groups is 2. The fraction of sp³-hybridized carbons (Fsp3) is 0.481. The van der Waals surface area contributed by atoms with Crippen LogP contribution in [0, 0.1) is 23.2 Å². The molecule has 2 aromatic heterocycles. The molecular weight excluding hydrogens is 490 g/mol. The minimum atomic E-state index is -0.184. The number of nitrogens with zero attached hydrogens (tertiary/aromatic N) is 3. The van der Waals surface area contributed by atoms with E-state index in [0.29, 0.717) is 18.2 Å². The Balaban J connectivity index is 1.15. The van der Waals surface area contributed by atoms with Crippen LogP contribution in [0.25, 0.3) is 0 Å². The van der Waals surface area contributed by atoms with Crippen molar-refractivity contribution in [2.45, 2.75) is 56.8 Å². The summed E-state index contributed by atoms with van der Waals surface area (Å²) in [5.74, 6) is 3.27. The van der Waals surface area contributed by atoms with Crippen LogP contribution in [0.1, 0.15) is 49.9 Å². The van der Waals surface area contributed by atoms with E-state index < -0.39 is 0 Å². The van der Waals surface area contributed by atoms with Gasteiger partial charge in [-0.3, -0.25) is 9.59 Å². The Kier molecular flexibility index (Phi) is 6.60. The molecule has 4 aliphatic rings. The van der Waals surface area contributed by atoms with Crippen LogP contribution in [0.2, 0.25) is 0 Å². The van der Waals surface area contributed by atoms with Gasteiger partial charge in [-0.1, -0.05) is 42.1 Å². The van der Waals surface area contributed by atoms with Gasteiger partial charge in [0, 0.05) is 5.41 Å². The van der Waals surface area contributed by atoms with Gasteiger partial charge in [-0.25, -0.2) is 0 Å². The minimum absolute atomic E-state index is 0.0756. The van der Waals surface area contributed by atoms with Crippen molar-refractivity contribution < 1.29 is 9.59 Å². The number of amides is 2. The van der Waals surface area contributed by atoms with Gasteiger partial charge in [0.15, 0.2) is 11.0 Å². The predicted molar refractivity (Wildman–Crippen MR) is 142 cm³/mol. The molecule has 2 N–H and O–H groups in total. The van der Waals surface area contributed by atoms with Crippen molar-refractivity contribution in [1.29, 1.82) is 0 Å². The molecule has 7 nitrogen and oxygen atoms in total. The maximum absolute atomic E-state index is 13.5. The molecule has 0 radical (unpaired) electrons. The summed E-state index contributed by atoms with van der Waals surface area (Å²) in [4.78, 5) is 25.9. The monoisotopic (exact) mass is 521 g/mol. The molecule has 7 rings (SSSR count). The third-order valence-electron chi connectivity index (χ3n) is 8.02. The molecule has 2 heterocycles. The van der Waals surface area contributed by atoms with Crippen molar-refractivity contribution in [3.8, 4) is 0 Å². The largest absolute Gasteiger partial charge is 0.348 e. The van der Waals surface area contributed by atoms with Crippen LogP contribution < -0.4 is 10.6 Å². The third kappa shape index (κ3) is 4.95. The zero-order valence-corrected chi connectivity index (χ0v) is 21.8. The van der Waals surface area contributed by atoms with Crippen LogP contribution >= 0.6 is 23.1 Å². The van der Waals surface area contributed by atoms with Gasteiger partial charge in [0.05, 0.1) is 23.8 Å². The topological polar surface area (TPSA) is 88.9 Å². The van der Waals surface area contributed by atoms with E-state index in [2.05, 4.69) is 33.0 Å². The van der Waals surface area contributed by atoms with E-state index in [1.807, 2.05) is 40.3 Å². The van der Waals surface area contributed by atoms with E-state index in [1.54, 1.807) is 0 Å². The molecule has 36 heavy (non-hydrogen) atoms. The number of benzene rings is 1. The van der Waals surface area contributed by atoms with Crippen molar-refractivity contribution in [2.75, 3.05) is 11.1 Å². The summed E-state index contributed by atoms with van der Waals surface area (Å²) in [6.45, 7) is 0.938. The molecule has 9 heteroatoms. The van der Waals surface area contributed by atoms with Crippen molar-refractivity contribution in [3.63, 3.8) is 0 Å². The number of rotatable bonds is 9. The van der Waals surface area contributed by atoms with E-state index in [9.17, 15) is 9.59 Å². The maximum atomic E-state index is 13.5. The van der Waals surface area contributed by atoms with E-state index in [4.69, 9.17) is 0 Å². The van der Waals surface area contributed by atoms with Crippen molar-refractivity contribution in [3.05, 3.63) is 59.2 Å². The van der Waals surface area contributed by atoms with Crippen LogP contribution in [0.15, 0.2) is 53.0 Å². The molecule has 0 atom stereocenters. The van der Waals surface area contributed by atoms with Gasteiger partial charge in [0.2, 0.25) is 11.8 Å². The highest BCUT2D eigenvalue weighted by molar-refractivity contribution is 7.99. The highest BCUT2D eigenvalue weighted by atomic mass is 32.2. The average Bonchev–Trinajstić information content (AvgIpc) is 3.51. The summed E-state index contributed by atoms with van der Waals surface area (Å²) >= 11 is 2.86. The molecular formula is C27H31N5O2S2. The van der Waals surface area contributed by atoms with Crippen LogP contribution in [0.3, 0.4) is 0 Å². The first-order valence-corrected chi connectivity index (χ1v) is 14.6. The molecule has 0 aliphatic heterocycles. The Bertz CT molecular complexity index is 1190. The lowest BCUT2D eigenvalue weighted by atomic mass is 9.49. The number of carbonyl (C=O) groups excluding carboxylic acids is 2. The van der Waals surface area contributed by atoms with Gasteiger partial charge in [-0.05, 0) is 79.4 Å². The number of thiophene rings is 1. The van der Waals surface area contributed by atoms with Gasteiger partial charge < -0.3 is 15.2 Å². The second kappa shape index (κ2) is 10.0. The minimum Gasteiger partial charge on any atom is -0.348 e. The average molecular weight is 522 g/mol. The van der Waals surface area contributed by atoms with Gasteiger partial charge in [-0.2, -0.15) is 0 Å². The summed E-state index contributed by atoms with van der Waals surface area (Å²) in [5, 5.41) is 18.4. The Morgan fingerprint density at radius 3 is 2.39 bits per heavy atom. The van der Waals surface area contributed by atoms with E-state index in [-0.39, 0.29) is 23.0 Å². The molecule has 4 saturated carbocycles. The molecule has 3 aromatic rings. The van der Waals surface area contributed by atoms with Gasteiger partial charge in [0.1, 0.15) is 0 Å². The van der Waals surface area contributed by atoms with Crippen molar-refractivity contribution >= 4 is 39.9 Å². The number of nitrogens with one attached hydrogen (secondary N) is 2. The van der Waals surface area contributed by atoms with Gasteiger partial charge in [0.25, 0.3) is 0 Å². The number of thioether (sulfide) groups is 1. The second-order valence-corrected chi connectivity index (χ2v) is 12.6. The molecule has 4 aliphatic carbocycles. The number of hydrogen-bond acceptors (Lipinski definition) is 6. The lowest BCUT2D eigenvalue weighted by Gasteiger charge is -2.55. The standard InChI is InChI=1S/C27H31N5O2S2/c33-23(29-24-7-4-8-35-24)17-36-26-31-30-22(32(26)16-18-5-2-1-3-6-18)15-28-25(34)27-12-19-9-20(13-27)11-21(10-19)14-27/h1-8,19-21H,9-17H2,(H,28,34)(H,29,33). The Morgan fingerprint density at radius 2 is 1.72 bits per heavy atom. The molecule has 2 amide bonds. The first kappa shape index (κ1) is 23.7. The number of hydrogen-bond donors (Lipinski definition) is 2. The molecule has 1 aromatic carbocycles. The maximum Gasteiger partial charge on any atom is 0.235 e. The van der Waals surface area contributed by atoms with Gasteiger partial charge in [-0.15, -0.1) is 21.5 Å². The van der Waals surface area contributed by atoms with E-state index in [0.717, 1.165) is 53.4 Å². The molecule has 188 valence electrons. The SMILES string of the molecule is O=C(CSc1nnc(CNC(=O)C23CC4CC(CC(C4)C2)C3)n1Cc1ccccc1)Nc1cccs1. The van der Waals surface area contributed by atoms with Crippen molar-refractivity contribution in [1.82, 2.24) is 20.1 Å². The fourth-order valence-corrected chi connectivity index (χ4v) is 8.26. The predicted octanol–water partition coefficient (Wildman–Crippen LogP) is 4.95. The molecule has 4 bridgehead atoms. The first-order valence-electron chi connectivity index (χ1n) is 12.8. The van der Waals surface area contributed by atoms with Crippen LogP contribution in [-0.2, 0) is 22.7 Å². The summed E-state index contributed by atoms with van der Waals surface area (Å²) in [6, 6.07) is 13.9. The van der Waals surface area contributed by atoms with Gasteiger partial charge >= 0.3 is 0 Å². The highest BCUT2D eigenvalue weighted by Gasteiger charge is 2.54. The van der Waals surface area contributed by atoms with Crippen LogP contribution in [0.4, 0.5) is 5.00 Å². The Hall–Kier alpha value is -2.65. The molecule has 0 saturated heterocycles. The van der Waals surface area contributed by atoms with Crippen LogP contribution in [-0.4, -0.2) is 32.3 Å². The summed E-state index contributed by atoms with van der Waals surface area (Å²) in [5.41, 5.74) is 0.937. The van der Waals surface area contributed by atoms with Crippen molar-refractivity contribution in [2.24, 2.45) is 23.2 Å². The highest BCUT2D eigenvalue weighted by Crippen LogP contribution is 2.60. The summed E-state index contributed by atoms with van der Waals surface area (Å²) in [6.07, 6.45) is 7.09. The molecule has 0 spiro atoms. The smallest absolute Gasteiger partial charge is 0.235 e. The number of aromatic nitrogens is 3. The number of anilines is 1. The molecule has 0 unspecified atom stereocenters. The molecule has 4 fully saturated rings. The normalized spacial score (nSPS) is 26.2. The lowest BCUT2D eigenvalue weighted by Crippen LogP contribution is -2.53. The zero-order chi connectivity index (χ0) is 24.5. The second-order valence-electron chi connectivity index (χ2n) is 10.7. The summed E-state index contributed by atoms with van der Waals surface area (Å²) in [7, 11) is 0. The fourth-order valence-electron chi connectivity index (χ4n) is 6.87.